The Morgan fingerprint density at radius 3 is 2.25 bits per heavy atom. The van der Waals surface area contributed by atoms with Gasteiger partial charge < -0.3 is 9.47 Å². The van der Waals surface area contributed by atoms with Crippen molar-refractivity contribution in [1.29, 1.82) is 0 Å². The number of carbonyl (C=O) groups excluding carboxylic acids is 2. The molecule has 0 aromatic heterocycles. The van der Waals surface area contributed by atoms with Crippen molar-refractivity contribution in [2.24, 2.45) is 0 Å². The predicted octanol–water partition coefficient (Wildman–Crippen LogP) is 4.79. The van der Waals surface area contributed by atoms with Crippen molar-refractivity contribution < 1.29 is 36.6 Å². The molecule has 0 spiro atoms. The number of carbonyl (C=O) groups is 2. The molecule has 0 bridgehead atoms. The fourth-order valence-electron chi connectivity index (χ4n) is 2.46. The van der Waals surface area contributed by atoms with Crippen molar-refractivity contribution in [1.82, 2.24) is 0 Å². The molecule has 0 radical (unpaired) electrons. The molecule has 8 heteroatoms. The molecule has 28 heavy (non-hydrogen) atoms. The molecule has 0 unspecified atom stereocenters. The molecule has 0 aliphatic carbocycles. The van der Waals surface area contributed by atoms with Crippen LogP contribution in [0.5, 0.6) is 11.5 Å². The number of ketones is 2. The molecule has 2 aromatic rings. The first-order valence-corrected chi connectivity index (χ1v) is 8.52. The van der Waals surface area contributed by atoms with Crippen LogP contribution in [0.3, 0.4) is 0 Å². The predicted molar refractivity (Wildman–Crippen MR) is 93.6 cm³/mol. The van der Waals surface area contributed by atoms with Crippen LogP contribution in [0.15, 0.2) is 36.4 Å². The lowest BCUT2D eigenvalue weighted by atomic mass is 9.98. The summed E-state index contributed by atoms with van der Waals surface area (Å²) in [6, 6.07) is 6.89. The largest absolute Gasteiger partial charge is 0.490 e. The van der Waals surface area contributed by atoms with Crippen LogP contribution in [0.1, 0.15) is 39.6 Å². The van der Waals surface area contributed by atoms with E-state index in [1.807, 2.05) is 0 Å². The van der Waals surface area contributed by atoms with E-state index in [1.54, 1.807) is 6.92 Å². The molecule has 0 saturated heterocycles. The molecule has 0 atom stereocenters. The van der Waals surface area contributed by atoms with Crippen LogP contribution in [0.25, 0.3) is 0 Å². The molecule has 4 nitrogen and oxygen atoms in total. The minimum absolute atomic E-state index is 0.00677. The molecule has 0 aliphatic heterocycles. The van der Waals surface area contributed by atoms with Gasteiger partial charge in [-0.15, -0.1) is 0 Å². The summed E-state index contributed by atoms with van der Waals surface area (Å²) in [7, 11) is 0. The second-order valence-corrected chi connectivity index (χ2v) is 5.75. The van der Waals surface area contributed by atoms with E-state index in [9.17, 15) is 27.2 Å². The topological polar surface area (TPSA) is 52.6 Å². The van der Waals surface area contributed by atoms with Gasteiger partial charge in [0.15, 0.2) is 11.6 Å². The molecule has 150 valence electrons. The van der Waals surface area contributed by atoms with Crippen LogP contribution in [-0.2, 0) is 6.42 Å². The second kappa shape index (κ2) is 9.87. The number of alkyl halides is 3. The van der Waals surface area contributed by atoms with E-state index in [0.29, 0.717) is 12.0 Å². The highest BCUT2D eigenvalue weighted by Gasteiger charge is 2.21. The molecule has 0 fully saturated rings. The zero-order valence-corrected chi connectivity index (χ0v) is 15.0. The number of halogens is 4. The van der Waals surface area contributed by atoms with Gasteiger partial charge in [0.1, 0.15) is 5.75 Å². The monoisotopic (exact) mass is 398 g/mol. The van der Waals surface area contributed by atoms with Crippen molar-refractivity contribution in [3.8, 4) is 11.5 Å². The molecule has 0 amide bonds. The quantitative estimate of drug-likeness (QED) is 0.250. The van der Waals surface area contributed by atoms with Crippen molar-refractivity contribution in [3.05, 3.63) is 58.9 Å². The van der Waals surface area contributed by atoms with Crippen molar-refractivity contribution in [2.75, 3.05) is 13.3 Å². The number of aryl methyl sites for hydroxylation is 1. The van der Waals surface area contributed by atoms with Crippen LogP contribution in [0, 0.1) is 5.82 Å². The van der Waals surface area contributed by atoms with Crippen LogP contribution in [-0.4, -0.2) is 31.5 Å². The summed E-state index contributed by atoms with van der Waals surface area (Å²) in [4.78, 5) is 24.9. The van der Waals surface area contributed by atoms with E-state index in [-0.39, 0.29) is 35.7 Å². The van der Waals surface area contributed by atoms with Crippen molar-refractivity contribution in [3.63, 3.8) is 0 Å². The molecule has 0 saturated carbocycles. The second-order valence-electron chi connectivity index (χ2n) is 5.75. The number of rotatable bonds is 10. The summed E-state index contributed by atoms with van der Waals surface area (Å²) in [6.07, 6.45) is 0.365. The van der Waals surface area contributed by atoms with E-state index >= 15 is 0 Å². The molecule has 0 heterocycles. The molecule has 2 rings (SSSR count). The highest BCUT2D eigenvalue weighted by Crippen LogP contribution is 2.25. The van der Waals surface area contributed by atoms with Gasteiger partial charge in [-0.25, -0.2) is 4.39 Å². The molecule has 0 N–H and O–H groups in total. The lowest BCUT2D eigenvalue weighted by Crippen LogP contribution is -2.15. The summed E-state index contributed by atoms with van der Waals surface area (Å²) in [5, 5.41) is 0. The number of benzene rings is 2. The summed E-state index contributed by atoms with van der Waals surface area (Å²) >= 11 is 0. The summed E-state index contributed by atoms with van der Waals surface area (Å²) in [6.45, 7) is -2.04. The van der Waals surface area contributed by atoms with Gasteiger partial charge in [-0.2, -0.15) is 8.78 Å². The first kappa shape index (κ1) is 21.4. The van der Waals surface area contributed by atoms with Gasteiger partial charge in [0.05, 0.1) is 13.3 Å². The van der Waals surface area contributed by atoms with E-state index < -0.39 is 30.7 Å². The Morgan fingerprint density at radius 2 is 1.64 bits per heavy atom. The molecular formula is C20H18F4O4. The Balaban J connectivity index is 2.24. The zero-order chi connectivity index (χ0) is 20.7. The third-order valence-corrected chi connectivity index (χ3v) is 3.85. The van der Waals surface area contributed by atoms with Gasteiger partial charge in [0.2, 0.25) is 11.6 Å². The smallest absolute Gasteiger partial charge is 0.387 e. The number of hydrogen-bond donors (Lipinski definition) is 0. The van der Waals surface area contributed by atoms with E-state index in [0.717, 1.165) is 18.2 Å². The number of Topliss-reactive ketones (excluding diaryl/α,β-unsaturated/α-hetero) is 2. The highest BCUT2D eigenvalue weighted by molar-refractivity contribution is 6.49. The molecular weight excluding hydrogens is 380 g/mol. The van der Waals surface area contributed by atoms with Crippen LogP contribution < -0.4 is 9.47 Å². The minimum Gasteiger partial charge on any atom is -0.490 e. The van der Waals surface area contributed by atoms with Gasteiger partial charge in [-0.3, -0.25) is 14.0 Å². The average Bonchev–Trinajstić information content (AvgIpc) is 2.68. The first-order chi connectivity index (χ1) is 13.4. The number of ether oxygens (including phenoxy) is 2. The lowest BCUT2D eigenvalue weighted by Gasteiger charge is -2.11. The van der Waals surface area contributed by atoms with E-state index in [1.165, 1.54) is 18.2 Å². The Labute approximate surface area is 159 Å². The first-order valence-electron chi connectivity index (χ1n) is 8.52. The van der Waals surface area contributed by atoms with Gasteiger partial charge in [0.25, 0.3) is 0 Å². The maximum atomic E-state index is 13.7. The standard InChI is InChI=1S/C20H18F4O4/c1-2-12-10-13(5-7-16(12)28-20(23)24)18(25)19(26)14-4-6-15(22)17(11-14)27-9-3-8-21/h4-7,10-11,20H,2-3,8-9H2,1H3. The van der Waals surface area contributed by atoms with Crippen molar-refractivity contribution in [2.45, 2.75) is 26.4 Å². The maximum Gasteiger partial charge on any atom is 0.387 e. The third-order valence-electron chi connectivity index (χ3n) is 3.85. The average molecular weight is 398 g/mol. The maximum absolute atomic E-state index is 13.7. The number of hydrogen-bond acceptors (Lipinski definition) is 4. The minimum atomic E-state index is -3.01. The fraction of sp³-hybridized carbons (Fsp3) is 0.300. The molecule has 0 aliphatic rings. The Hall–Kier alpha value is -2.90. The van der Waals surface area contributed by atoms with E-state index in [4.69, 9.17) is 4.74 Å². The Morgan fingerprint density at radius 1 is 1.00 bits per heavy atom. The fourth-order valence-corrected chi connectivity index (χ4v) is 2.46. The third kappa shape index (κ3) is 5.31. The zero-order valence-electron chi connectivity index (χ0n) is 15.0. The van der Waals surface area contributed by atoms with Gasteiger partial charge in [-0.1, -0.05) is 6.92 Å². The lowest BCUT2D eigenvalue weighted by molar-refractivity contribution is -0.0504. The molecule has 2 aromatic carbocycles. The van der Waals surface area contributed by atoms with Gasteiger partial charge in [-0.05, 0) is 48.4 Å². The van der Waals surface area contributed by atoms with Crippen LogP contribution in [0.2, 0.25) is 0 Å². The normalized spacial score (nSPS) is 10.8. The van der Waals surface area contributed by atoms with Gasteiger partial charge in [0, 0.05) is 17.5 Å². The SMILES string of the molecule is CCc1cc(C(=O)C(=O)c2ccc(F)c(OCCCF)c2)ccc1OC(F)F. The van der Waals surface area contributed by atoms with Gasteiger partial charge >= 0.3 is 6.61 Å². The Bertz CT molecular complexity index is 852. The summed E-state index contributed by atoms with van der Waals surface area (Å²) in [5.41, 5.74) is 0.230. The summed E-state index contributed by atoms with van der Waals surface area (Å²) < 4.78 is 60.2. The van der Waals surface area contributed by atoms with Crippen molar-refractivity contribution >= 4 is 11.6 Å². The van der Waals surface area contributed by atoms with Crippen LogP contribution in [0.4, 0.5) is 17.6 Å². The van der Waals surface area contributed by atoms with Crippen LogP contribution >= 0.6 is 0 Å². The summed E-state index contributed by atoms with van der Waals surface area (Å²) in [5.74, 6) is -2.89. The Kier molecular flexibility index (Phi) is 7.54. The highest BCUT2D eigenvalue weighted by atomic mass is 19.3. The van der Waals surface area contributed by atoms with E-state index in [2.05, 4.69) is 4.74 Å².